The van der Waals surface area contributed by atoms with Gasteiger partial charge < -0.3 is 10.5 Å². The summed E-state index contributed by atoms with van der Waals surface area (Å²) >= 11 is 0. The van der Waals surface area contributed by atoms with Crippen LogP contribution in [0.3, 0.4) is 0 Å². The Morgan fingerprint density at radius 3 is 2.47 bits per heavy atom. The van der Waals surface area contributed by atoms with Gasteiger partial charge in [-0.25, -0.2) is 0 Å². The molecule has 0 aliphatic carbocycles. The van der Waals surface area contributed by atoms with Crippen molar-refractivity contribution < 1.29 is 4.74 Å². The number of nitrogens with two attached hydrogens (primary N) is 1. The summed E-state index contributed by atoms with van der Waals surface area (Å²) in [5, 5.41) is 0. The Hall–Kier alpha value is -0.610. The lowest BCUT2D eigenvalue weighted by Crippen LogP contribution is -2.45. The summed E-state index contributed by atoms with van der Waals surface area (Å²) < 4.78 is 5.61. The number of ether oxygens (including phenoxy) is 1. The van der Waals surface area contributed by atoms with Gasteiger partial charge in [0.25, 0.3) is 0 Å². The first kappa shape index (κ1) is 16.4. The maximum absolute atomic E-state index is 5.69. The lowest BCUT2D eigenvalue weighted by molar-refractivity contribution is -0.0261. The predicted octanol–water partition coefficient (Wildman–Crippen LogP) is 2.19. The van der Waals surface area contributed by atoms with Gasteiger partial charge in [-0.2, -0.15) is 0 Å². The highest BCUT2D eigenvalue weighted by atomic mass is 35.5. The molecule has 1 aliphatic heterocycles. The highest BCUT2D eigenvalue weighted by molar-refractivity contribution is 5.85. The van der Waals surface area contributed by atoms with Crippen LogP contribution in [0.1, 0.15) is 22.3 Å². The zero-order chi connectivity index (χ0) is 13.1. The molecular weight excluding hydrogens is 260 g/mol. The van der Waals surface area contributed by atoms with Crippen LogP contribution in [0.5, 0.6) is 0 Å². The van der Waals surface area contributed by atoms with Crippen LogP contribution >= 0.6 is 12.4 Å². The highest BCUT2D eigenvalue weighted by Gasteiger charge is 2.20. The predicted molar refractivity (Wildman–Crippen MR) is 82.0 cm³/mol. The van der Waals surface area contributed by atoms with E-state index in [1.807, 2.05) is 0 Å². The van der Waals surface area contributed by atoms with Gasteiger partial charge in [0.15, 0.2) is 0 Å². The molecule has 1 atom stereocenters. The summed E-state index contributed by atoms with van der Waals surface area (Å²) in [5.74, 6) is 0. The maximum atomic E-state index is 5.69. The number of hydrogen-bond acceptors (Lipinski definition) is 3. The summed E-state index contributed by atoms with van der Waals surface area (Å²) in [5.41, 5.74) is 11.3. The molecule has 0 saturated carbocycles. The fraction of sp³-hybridized carbons (Fsp3) is 0.600. The minimum absolute atomic E-state index is 0. The molecule has 1 saturated heterocycles. The van der Waals surface area contributed by atoms with E-state index < -0.39 is 0 Å². The van der Waals surface area contributed by atoms with E-state index in [-0.39, 0.29) is 18.5 Å². The Morgan fingerprint density at radius 2 is 1.89 bits per heavy atom. The molecule has 0 bridgehead atoms. The molecule has 0 amide bonds. The van der Waals surface area contributed by atoms with Gasteiger partial charge in [-0.3, -0.25) is 4.90 Å². The molecular formula is C15H25ClN2O. The number of rotatable bonds is 3. The van der Waals surface area contributed by atoms with Gasteiger partial charge in [0.05, 0.1) is 12.7 Å². The summed E-state index contributed by atoms with van der Waals surface area (Å²) in [4.78, 5) is 2.45. The van der Waals surface area contributed by atoms with E-state index in [0.717, 1.165) is 26.2 Å². The number of aryl methyl sites for hydroxylation is 3. The smallest absolute Gasteiger partial charge is 0.0824 e. The molecule has 1 unspecified atom stereocenters. The van der Waals surface area contributed by atoms with Gasteiger partial charge in [-0.05, 0) is 37.5 Å². The van der Waals surface area contributed by atoms with Gasteiger partial charge in [0.1, 0.15) is 0 Å². The topological polar surface area (TPSA) is 38.5 Å². The average molecular weight is 285 g/mol. The fourth-order valence-electron chi connectivity index (χ4n) is 2.75. The van der Waals surface area contributed by atoms with E-state index in [1.54, 1.807) is 0 Å². The molecule has 0 radical (unpaired) electrons. The Labute approximate surface area is 122 Å². The van der Waals surface area contributed by atoms with E-state index in [2.05, 4.69) is 37.8 Å². The van der Waals surface area contributed by atoms with Gasteiger partial charge >= 0.3 is 0 Å². The molecule has 108 valence electrons. The third kappa shape index (κ3) is 4.18. The van der Waals surface area contributed by atoms with Crippen LogP contribution < -0.4 is 5.73 Å². The normalized spacial score (nSPS) is 20.1. The van der Waals surface area contributed by atoms with Crippen molar-refractivity contribution >= 4 is 12.4 Å². The molecule has 4 heteroatoms. The molecule has 1 fully saturated rings. The lowest BCUT2D eigenvalue weighted by atomic mass is 9.99. The van der Waals surface area contributed by atoms with Crippen molar-refractivity contribution in [2.75, 3.05) is 26.2 Å². The average Bonchev–Trinajstić information content (AvgIpc) is 2.34. The third-order valence-electron chi connectivity index (χ3n) is 3.71. The zero-order valence-corrected chi connectivity index (χ0v) is 12.9. The van der Waals surface area contributed by atoms with E-state index >= 15 is 0 Å². The minimum atomic E-state index is 0. The quantitative estimate of drug-likeness (QED) is 0.925. The van der Waals surface area contributed by atoms with Crippen LogP contribution in [0.25, 0.3) is 0 Å². The first-order valence-electron chi connectivity index (χ1n) is 6.71. The van der Waals surface area contributed by atoms with Crippen molar-refractivity contribution in [3.8, 4) is 0 Å². The van der Waals surface area contributed by atoms with E-state index in [0.29, 0.717) is 6.54 Å². The van der Waals surface area contributed by atoms with Gasteiger partial charge in [-0.1, -0.05) is 17.7 Å². The second-order valence-corrected chi connectivity index (χ2v) is 5.34. The minimum Gasteiger partial charge on any atom is -0.374 e. The molecule has 2 N–H and O–H groups in total. The molecule has 1 aromatic carbocycles. The van der Waals surface area contributed by atoms with Crippen LogP contribution in [0, 0.1) is 20.8 Å². The second-order valence-electron chi connectivity index (χ2n) is 5.34. The number of morpholine rings is 1. The Bertz CT molecular complexity index is 400. The first-order valence-corrected chi connectivity index (χ1v) is 6.71. The highest BCUT2D eigenvalue weighted by Crippen LogP contribution is 2.19. The maximum Gasteiger partial charge on any atom is 0.0824 e. The third-order valence-corrected chi connectivity index (χ3v) is 3.71. The van der Waals surface area contributed by atoms with Crippen molar-refractivity contribution in [1.82, 2.24) is 4.90 Å². The number of hydrogen-bond donors (Lipinski definition) is 1. The zero-order valence-electron chi connectivity index (χ0n) is 12.1. The molecule has 2 rings (SSSR count). The van der Waals surface area contributed by atoms with Crippen molar-refractivity contribution in [1.29, 1.82) is 0 Å². The van der Waals surface area contributed by atoms with Crippen molar-refractivity contribution in [3.05, 3.63) is 34.4 Å². The van der Waals surface area contributed by atoms with Crippen molar-refractivity contribution in [2.24, 2.45) is 5.73 Å². The Morgan fingerprint density at radius 1 is 1.26 bits per heavy atom. The van der Waals surface area contributed by atoms with E-state index in [4.69, 9.17) is 10.5 Å². The number of halogens is 1. The first-order chi connectivity index (χ1) is 8.60. The lowest BCUT2D eigenvalue weighted by Gasteiger charge is -2.33. The Kier molecular flexibility index (Phi) is 6.27. The standard InChI is InChI=1S/C15H24N2O.ClH/c1-11-6-12(2)15(13(3)7-11)10-17-4-5-18-14(8-16)9-17;/h6-7,14H,4-5,8-10,16H2,1-3H3;1H. The molecule has 1 aromatic rings. The molecule has 1 heterocycles. The van der Waals surface area contributed by atoms with Crippen molar-refractivity contribution in [3.63, 3.8) is 0 Å². The molecule has 0 spiro atoms. The summed E-state index contributed by atoms with van der Waals surface area (Å²) in [6.07, 6.45) is 0.199. The molecule has 19 heavy (non-hydrogen) atoms. The Balaban J connectivity index is 0.00000180. The van der Waals surface area contributed by atoms with Gasteiger partial charge in [0, 0.05) is 26.2 Å². The molecule has 0 aromatic heterocycles. The number of nitrogens with zero attached hydrogens (tertiary/aromatic N) is 1. The van der Waals surface area contributed by atoms with Gasteiger partial charge in [0.2, 0.25) is 0 Å². The summed E-state index contributed by atoms with van der Waals surface area (Å²) in [7, 11) is 0. The molecule has 1 aliphatic rings. The van der Waals surface area contributed by atoms with E-state index in [9.17, 15) is 0 Å². The SMILES string of the molecule is Cc1cc(C)c(CN2CCOC(CN)C2)c(C)c1.Cl. The van der Waals surface area contributed by atoms with E-state index in [1.165, 1.54) is 22.3 Å². The van der Waals surface area contributed by atoms with Crippen LogP contribution in [0.4, 0.5) is 0 Å². The largest absolute Gasteiger partial charge is 0.374 e. The van der Waals surface area contributed by atoms with Crippen LogP contribution in [-0.4, -0.2) is 37.2 Å². The molecule has 3 nitrogen and oxygen atoms in total. The monoisotopic (exact) mass is 284 g/mol. The van der Waals surface area contributed by atoms with Crippen LogP contribution in [0.15, 0.2) is 12.1 Å². The fourth-order valence-corrected chi connectivity index (χ4v) is 2.75. The second kappa shape index (κ2) is 7.25. The summed E-state index contributed by atoms with van der Waals surface area (Å²) in [6.45, 7) is 10.9. The van der Waals surface area contributed by atoms with Crippen LogP contribution in [0.2, 0.25) is 0 Å². The van der Waals surface area contributed by atoms with Gasteiger partial charge in [-0.15, -0.1) is 12.4 Å². The summed E-state index contributed by atoms with van der Waals surface area (Å²) in [6, 6.07) is 4.53. The van der Waals surface area contributed by atoms with Crippen LogP contribution in [-0.2, 0) is 11.3 Å². The number of benzene rings is 1. The van der Waals surface area contributed by atoms with Crippen molar-refractivity contribution in [2.45, 2.75) is 33.4 Å².